The Labute approximate surface area is 140 Å². The number of hydrogen-bond donors (Lipinski definition) is 1. The molecular weight excluding hydrogens is 316 g/mol. The standard InChI is InChI=1S/C16H22N2O4S/c1-3-22-16(21)18-9-7-17(8-10-18)14(15(19)20)12-5-4-6-13(11-12)23-2/h4-6,11,14H,3,7-10H2,1-2H3,(H,19,20). The molecule has 1 saturated heterocycles. The maximum atomic E-state index is 11.8. The lowest BCUT2D eigenvalue weighted by Gasteiger charge is -2.37. The number of thioether (sulfide) groups is 1. The van der Waals surface area contributed by atoms with E-state index in [1.807, 2.05) is 35.4 Å². The van der Waals surface area contributed by atoms with Crippen molar-refractivity contribution >= 4 is 23.8 Å². The zero-order chi connectivity index (χ0) is 16.8. The third-order valence-electron chi connectivity index (χ3n) is 3.85. The monoisotopic (exact) mass is 338 g/mol. The zero-order valence-electron chi connectivity index (χ0n) is 13.4. The molecule has 1 unspecified atom stereocenters. The number of benzene rings is 1. The van der Waals surface area contributed by atoms with Gasteiger partial charge in [-0.25, -0.2) is 4.79 Å². The third-order valence-corrected chi connectivity index (χ3v) is 4.57. The number of ether oxygens (including phenoxy) is 1. The van der Waals surface area contributed by atoms with Crippen LogP contribution in [0.25, 0.3) is 0 Å². The number of aliphatic carboxylic acids is 1. The van der Waals surface area contributed by atoms with Crippen molar-refractivity contribution in [3.63, 3.8) is 0 Å². The molecule has 2 rings (SSSR count). The van der Waals surface area contributed by atoms with Gasteiger partial charge < -0.3 is 14.7 Å². The van der Waals surface area contributed by atoms with Crippen LogP contribution in [-0.2, 0) is 9.53 Å². The Morgan fingerprint density at radius 2 is 2.00 bits per heavy atom. The molecule has 0 aliphatic carbocycles. The number of nitrogens with zero attached hydrogens (tertiary/aromatic N) is 2. The van der Waals surface area contributed by atoms with Gasteiger partial charge in [-0.3, -0.25) is 9.69 Å². The summed E-state index contributed by atoms with van der Waals surface area (Å²) in [5, 5.41) is 9.65. The van der Waals surface area contributed by atoms with Crippen LogP contribution in [0, 0.1) is 0 Å². The van der Waals surface area contributed by atoms with Crippen molar-refractivity contribution in [1.82, 2.24) is 9.80 Å². The van der Waals surface area contributed by atoms with Crippen LogP contribution in [0.5, 0.6) is 0 Å². The highest BCUT2D eigenvalue weighted by atomic mass is 32.2. The number of carboxylic acid groups (broad SMARTS) is 1. The molecule has 1 aliphatic heterocycles. The van der Waals surface area contributed by atoms with E-state index >= 15 is 0 Å². The van der Waals surface area contributed by atoms with Gasteiger partial charge in [0.05, 0.1) is 6.61 Å². The van der Waals surface area contributed by atoms with Crippen LogP contribution in [0.15, 0.2) is 29.2 Å². The van der Waals surface area contributed by atoms with Gasteiger partial charge in [-0.2, -0.15) is 0 Å². The minimum atomic E-state index is -0.868. The van der Waals surface area contributed by atoms with Gasteiger partial charge in [-0.15, -0.1) is 11.8 Å². The van der Waals surface area contributed by atoms with Gasteiger partial charge in [0, 0.05) is 31.1 Å². The Morgan fingerprint density at radius 3 is 2.57 bits per heavy atom. The van der Waals surface area contributed by atoms with Crippen molar-refractivity contribution in [2.75, 3.05) is 39.0 Å². The average Bonchev–Trinajstić information content (AvgIpc) is 2.56. The molecule has 0 bridgehead atoms. The highest BCUT2D eigenvalue weighted by Crippen LogP contribution is 2.26. The molecule has 0 saturated carbocycles. The highest BCUT2D eigenvalue weighted by Gasteiger charge is 2.31. The summed E-state index contributed by atoms with van der Waals surface area (Å²) in [6, 6.07) is 6.92. The second-order valence-corrected chi connectivity index (χ2v) is 6.12. The highest BCUT2D eigenvalue weighted by molar-refractivity contribution is 7.98. The second kappa shape index (κ2) is 8.21. The summed E-state index contributed by atoms with van der Waals surface area (Å²) in [4.78, 5) is 28.1. The van der Waals surface area contributed by atoms with E-state index in [0.717, 1.165) is 10.5 Å². The summed E-state index contributed by atoms with van der Waals surface area (Å²) in [6.07, 6.45) is 1.64. The molecule has 1 amide bonds. The van der Waals surface area contributed by atoms with Gasteiger partial charge >= 0.3 is 12.1 Å². The maximum Gasteiger partial charge on any atom is 0.409 e. The van der Waals surface area contributed by atoms with E-state index in [-0.39, 0.29) is 6.09 Å². The quantitative estimate of drug-likeness (QED) is 0.831. The van der Waals surface area contributed by atoms with Crippen molar-refractivity contribution in [2.45, 2.75) is 17.9 Å². The third kappa shape index (κ3) is 4.39. The first-order chi connectivity index (χ1) is 11.1. The van der Waals surface area contributed by atoms with Crippen LogP contribution in [0.1, 0.15) is 18.5 Å². The first kappa shape index (κ1) is 17.6. The van der Waals surface area contributed by atoms with Crippen molar-refractivity contribution in [2.24, 2.45) is 0 Å². The minimum absolute atomic E-state index is 0.330. The lowest BCUT2D eigenvalue weighted by atomic mass is 10.0. The number of rotatable bonds is 5. The summed E-state index contributed by atoms with van der Waals surface area (Å²) >= 11 is 1.59. The first-order valence-electron chi connectivity index (χ1n) is 7.59. The van der Waals surface area contributed by atoms with E-state index in [0.29, 0.717) is 32.8 Å². The average molecular weight is 338 g/mol. The van der Waals surface area contributed by atoms with Gasteiger partial charge in [0.2, 0.25) is 0 Å². The predicted octanol–water partition coefficient (Wildman–Crippen LogP) is 2.31. The molecule has 126 valence electrons. The fraction of sp³-hybridized carbons (Fsp3) is 0.500. The number of piperazine rings is 1. The summed E-state index contributed by atoms with van der Waals surface area (Å²) in [6.45, 7) is 4.10. The predicted molar refractivity (Wildman–Crippen MR) is 88.8 cm³/mol. The van der Waals surface area contributed by atoms with Crippen molar-refractivity contribution < 1.29 is 19.4 Å². The van der Waals surface area contributed by atoms with E-state index in [4.69, 9.17) is 4.74 Å². The largest absolute Gasteiger partial charge is 0.480 e. The Morgan fingerprint density at radius 1 is 1.30 bits per heavy atom. The molecule has 6 nitrogen and oxygen atoms in total. The molecule has 0 aromatic heterocycles. The minimum Gasteiger partial charge on any atom is -0.480 e. The Bertz CT molecular complexity index is 559. The smallest absolute Gasteiger partial charge is 0.409 e. The Balaban J connectivity index is 2.08. The molecule has 23 heavy (non-hydrogen) atoms. The number of hydrogen-bond acceptors (Lipinski definition) is 5. The molecule has 1 aliphatic rings. The molecule has 0 spiro atoms. The molecule has 7 heteroatoms. The number of amides is 1. The number of carboxylic acids is 1. The number of carbonyl (C=O) groups is 2. The van der Waals surface area contributed by atoms with Gasteiger partial charge in [0.25, 0.3) is 0 Å². The SMILES string of the molecule is CCOC(=O)N1CCN(C(C(=O)O)c2cccc(SC)c2)CC1. The summed E-state index contributed by atoms with van der Waals surface area (Å²) < 4.78 is 4.99. The van der Waals surface area contributed by atoms with E-state index < -0.39 is 12.0 Å². The fourth-order valence-electron chi connectivity index (χ4n) is 2.70. The van der Waals surface area contributed by atoms with Crippen LogP contribution < -0.4 is 0 Å². The van der Waals surface area contributed by atoms with Gasteiger partial charge in [-0.05, 0) is 30.9 Å². The summed E-state index contributed by atoms with van der Waals surface area (Å²) in [5.41, 5.74) is 0.772. The van der Waals surface area contributed by atoms with Gasteiger partial charge in [0.15, 0.2) is 0 Å². The molecule has 1 atom stereocenters. The molecule has 1 aromatic rings. The number of carbonyl (C=O) groups excluding carboxylic acids is 1. The van der Waals surface area contributed by atoms with E-state index in [9.17, 15) is 14.7 Å². The van der Waals surface area contributed by atoms with E-state index in [1.54, 1.807) is 23.6 Å². The zero-order valence-corrected chi connectivity index (χ0v) is 14.2. The fourth-order valence-corrected chi connectivity index (χ4v) is 3.17. The maximum absolute atomic E-state index is 11.8. The van der Waals surface area contributed by atoms with E-state index in [2.05, 4.69) is 0 Å². The lowest BCUT2D eigenvalue weighted by Crippen LogP contribution is -2.51. The molecule has 1 N–H and O–H groups in total. The van der Waals surface area contributed by atoms with Crippen molar-refractivity contribution in [3.8, 4) is 0 Å². The summed E-state index contributed by atoms with van der Waals surface area (Å²) in [5.74, 6) is -0.868. The van der Waals surface area contributed by atoms with Gasteiger partial charge in [-0.1, -0.05) is 12.1 Å². The van der Waals surface area contributed by atoms with E-state index in [1.165, 1.54) is 0 Å². The molecular formula is C16H22N2O4S. The Kier molecular flexibility index (Phi) is 6.29. The lowest BCUT2D eigenvalue weighted by molar-refractivity contribution is -0.144. The van der Waals surface area contributed by atoms with Crippen LogP contribution in [-0.4, -0.2) is 66.0 Å². The van der Waals surface area contributed by atoms with Crippen LogP contribution in [0.3, 0.4) is 0 Å². The molecule has 1 heterocycles. The first-order valence-corrected chi connectivity index (χ1v) is 8.81. The second-order valence-electron chi connectivity index (χ2n) is 5.24. The molecule has 1 fully saturated rings. The van der Waals surface area contributed by atoms with Crippen LogP contribution in [0.4, 0.5) is 4.79 Å². The summed E-state index contributed by atoms with van der Waals surface area (Å²) in [7, 11) is 0. The normalized spacial score (nSPS) is 16.9. The topological polar surface area (TPSA) is 70.1 Å². The van der Waals surface area contributed by atoms with Crippen molar-refractivity contribution in [1.29, 1.82) is 0 Å². The Hall–Kier alpha value is -1.73. The van der Waals surface area contributed by atoms with Crippen molar-refractivity contribution in [3.05, 3.63) is 29.8 Å². The molecule has 1 aromatic carbocycles. The van der Waals surface area contributed by atoms with Crippen LogP contribution in [0.2, 0.25) is 0 Å². The van der Waals surface area contributed by atoms with Crippen LogP contribution >= 0.6 is 11.8 Å². The van der Waals surface area contributed by atoms with Gasteiger partial charge in [0.1, 0.15) is 6.04 Å². The molecule has 0 radical (unpaired) electrons.